The van der Waals surface area contributed by atoms with Crippen LogP contribution in [0.1, 0.15) is 50.8 Å². The summed E-state index contributed by atoms with van der Waals surface area (Å²) in [6.07, 6.45) is 2.33. The fourth-order valence-electron chi connectivity index (χ4n) is 6.37. The lowest BCUT2D eigenvalue weighted by Gasteiger charge is -2.37. The van der Waals surface area contributed by atoms with Crippen LogP contribution < -0.4 is 5.32 Å². The van der Waals surface area contributed by atoms with Crippen molar-refractivity contribution in [1.29, 1.82) is 0 Å². The van der Waals surface area contributed by atoms with Crippen LogP contribution in [0.5, 0.6) is 0 Å². The topological polar surface area (TPSA) is 61.8 Å². The van der Waals surface area contributed by atoms with Gasteiger partial charge in [0.25, 0.3) is 5.91 Å². The Morgan fingerprint density at radius 3 is 2.50 bits per heavy atom. The maximum atomic E-state index is 14.3. The molecule has 0 aromatic heterocycles. The second-order valence-corrected chi connectivity index (χ2v) is 12.7. The molecule has 1 unspecified atom stereocenters. The normalized spacial score (nSPS) is 28.6. The van der Waals surface area contributed by atoms with E-state index in [0.717, 1.165) is 34.2 Å². The molecule has 3 heterocycles. The molecule has 1 saturated heterocycles. The number of carbonyl (C=O) groups excluding carboxylic acids is 2. The lowest BCUT2D eigenvalue weighted by Crippen LogP contribution is -2.58. The number of halogens is 1. The van der Waals surface area contributed by atoms with Crippen LogP contribution in [0.25, 0.3) is 0 Å². The van der Waals surface area contributed by atoms with Crippen molar-refractivity contribution in [3.63, 3.8) is 0 Å². The number of rotatable bonds is 6. The molecule has 3 aliphatic rings. The Morgan fingerprint density at radius 2 is 1.87 bits per heavy atom. The van der Waals surface area contributed by atoms with Gasteiger partial charge in [-0.1, -0.05) is 67.9 Å². The summed E-state index contributed by atoms with van der Waals surface area (Å²) < 4.78 is 0.103. The summed E-state index contributed by atoms with van der Waals surface area (Å²) in [5, 5.41) is 4.32. The van der Waals surface area contributed by atoms with E-state index in [0.29, 0.717) is 18.0 Å². The summed E-state index contributed by atoms with van der Waals surface area (Å²) in [5.74, 6) is 0.0394. The summed E-state index contributed by atoms with van der Waals surface area (Å²) in [6.45, 7) is 7.14. The number of quaternary nitrogens is 1. The molecular formula is C30H36ClN4O2S+. The largest absolute Gasteiger partial charge is 0.354 e. The molecule has 6 nitrogen and oxygen atoms in total. The van der Waals surface area contributed by atoms with E-state index in [4.69, 9.17) is 16.6 Å². The van der Waals surface area contributed by atoms with Gasteiger partial charge in [0.05, 0.1) is 25.2 Å². The quantitative estimate of drug-likeness (QED) is 0.478. The molecule has 2 amide bonds. The molecule has 3 aliphatic heterocycles. The Bertz CT molecular complexity index is 1310. The summed E-state index contributed by atoms with van der Waals surface area (Å²) in [6, 6.07) is 18.0. The summed E-state index contributed by atoms with van der Waals surface area (Å²) in [4.78, 5) is 35.4. The third-order valence-electron chi connectivity index (χ3n) is 8.22. The molecule has 0 saturated carbocycles. The zero-order valence-corrected chi connectivity index (χ0v) is 24.3. The van der Waals surface area contributed by atoms with Crippen molar-refractivity contribution in [2.45, 2.75) is 57.7 Å². The molecule has 8 heteroatoms. The molecule has 2 aromatic rings. The van der Waals surface area contributed by atoms with E-state index in [-0.39, 0.29) is 34.3 Å². The van der Waals surface area contributed by atoms with E-state index in [2.05, 4.69) is 67.4 Å². The molecule has 38 heavy (non-hydrogen) atoms. The van der Waals surface area contributed by atoms with Crippen molar-refractivity contribution in [3.05, 3.63) is 81.3 Å². The number of nitrogens with one attached hydrogen (secondary N) is 1. The first-order valence-electron chi connectivity index (χ1n) is 13.3. The average molecular weight is 552 g/mol. The van der Waals surface area contributed by atoms with Gasteiger partial charge in [-0.3, -0.25) is 9.79 Å². The number of hydrogen-bond donors (Lipinski definition) is 1. The van der Waals surface area contributed by atoms with Crippen LogP contribution in [0.15, 0.2) is 70.2 Å². The Kier molecular flexibility index (Phi) is 7.22. The van der Waals surface area contributed by atoms with Crippen molar-refractivity contribution in [1.82, 2.24) is 10.2 Å². The van der Waals surface area contributed by atoms with Crippen LogP contribution in [-0.4, -0.2) is 58.6 Å². The monoisotopic (exact) mass is 551 g/mol. The van der Waals surface area contributed by atoms with Crippen LogP contribution in [-0.2, 0) is 16.0 Å². The minimum atomic E-state index is -0.441. The van der Waals surface area contributed by atoms with Crippen molar-refractivity contribution < 1.29 is 14.1 Å². The minimum absolute atomic E-state index is 0.0153. The molecule has 5 rings (SSSR count). The molecule has 0 radical (unpaired) electrons. The van der Waals surface area contributed by atoms with Crippen molar-refractivity contribution in [3.8, 4) is 0 Å². The molecule has 0 bridgehead atoms. The highest BCUT2D eigenvalue weighted by Gasteiger charge is 2.56. The highest BCUT2D eigenvalue weighted by Crippen LogP contribution is 2.54. The van der Waals surface area contributed by atoms with E-state index in [1.165, 1.54) is 17.3 Å². The van der Waals surface area contributed by atoms with Crippen LogP contribution in [0.3, 0.4) is 0 Å². The molecule has 0 spiro atoms. The van der Waals surface area contributed by atoms with E-state index < -0.39 is 5.54 Å². The number of carbonyl (C=O) groups is 2. The van der Waals surface area contributed by atoms with Gasteiger partial charge < -0.3 is 10.2 Å². The smallest absolute Gasteiger partial charge is 0.354 e. The number of likely N-dealkylation sites (N-methyl/N-ethyl adjacent to an activating group) is 2. The first kappa shape index (κ1) is 27.0. The number of thioether (sulfide) groups is 1. The minimum Gasteiger partial charge on any atom is -0.354 e. The predicted molar refractivity (Wildman–Crippen MR) is 155 cm³/mol. The van der Waals surface area contributed by atoms with E-state index in [1.54, 1.807) is 7.05 Å². The van der Waals surface area contributed by atoms with Gasteiger partial charge >= 0.3 is 5.91 Å². The van der Waals surface area contributed by atoms with Gasteiger partial charge in [-0.25, -0.2) is 9.28 Å². The number of fused-ring (bicyclic) bond motifs is 1. The number of aliphatic imine (C=N–C) groups is 1. The van der Waals surface area contributed by atoms with Gasteiger partial charge in [0.2, 0.25) is 0 Å². The average Bonchev–Trinajstić information content (AvgIpc) is 3.54. The summed E-state index contributed by atoms with van der Waals surface area (Å²) in [5.41, 5.74) is 2.89. The Morgan fingerprint density at radius 1 is 1.18 bits per heavy atom. The third kappa shape index (κ3) is 4.48. The van der Waals surface area contributed by atoms with Crippen molar-refractivity contribution >= 4 is 40.3 Å². The number of benzene rings is 2. The molecule has 4 atom stereocenters. The Hall–Kier alpha value is -2.61. The molecule has 200 valence electrons. The number of hydrogen-bond acceptors (Lipinski definition) is 5. The molecule has 1 N–H and O–H groups in total. The number of allylic oxidation sites excluding steroid dienone is 1. The van der Waals surface area contributed by atoms with E-state index in [9.17, 15) is 9.59 Å². The zero-order chi connectivity index (χ0) is 27.2. The second kappa shape index (κ2) is 10.2. The SMILES string of the molecule is CNC(=O)[C@@H]1CCC[N+]1(C)C(=O)C1=C(C(C)C)N2C(=N[C@](C)(Cc3ccccc3)[C@H]2c2ccc(Cl)cc2)S1. The highest BCUT2D eigenvalue weighted by molar-refractivity contribution is 8.18. The van der Waals surface area contributed by atoms with Crippen LogP contribution in [0, 0.1) is 5.92 Å². The first-order chi connectivity index (χ1) is 18.1. The second-order valence-electron chi connectivity index (χ2n) is 11.3. The Balaban J connectivity index is 1.60. The van der Waals surface area contributed by atoms with Crippen LogP contribution in [0.4, 0.5) is 0 Å². The molecule has 1 fully saturated rings. The fraction of sp³-hybridized carbons (Fsp3) is 0.433. The molecule has 0 aliphatic carbocycles. The van der Waals surface area contributed by atoms with Gasteiger partial charge in [0.1, 0.15) is 4.91 Å². The van der Waals surface area contributed by atoms with Crippen LogP contribution >= 0.6 is 23.4 Å². The van der Waals surface area contributed by atoms with Gasteiger partial charge in [-0.05, 0) is 54.3 Å². The maximum absolute atomic E-state index is 14.3. The van der Waals surface area contributed by atoms with Gasteiger partial charge in [-0.2, -0.15) is 0 Å². The van der Waals surface area contributed by atoms with E-state index in [1.807, 2.05) is 25.2 Å². The number of likely N-dealkylation sites (tertiary alicyclic amines) is 1. The molecular weight excluding hydrogens is 516 g/mol. The molecule has 2 aromatic carbocycles. The van der Waals surface area contributed by atoms with E-state index >= 15 is 0 Å². The Labute approximate surface area is 234 Å². The first-order valence-corrected chi connectivity index (χ1v) is 14.5. The predicted octanol–water partition coefficient (Wildman–Crippen LogP) is 5.55. The lowest BCUT2D eigenvalue weighted by atomic mass is 9.82. The summed E-state index contributed by atoms with van der Waals surface area (Å²) in [7, 11) is 3.57. The number of amidine groups is 1. The van der Waals surface area contributed by atoms with Gasteiger partial charge in [0, 0.05) is 30.6 Å². The number of nitrogens with zero attached hydrogens (tertiary/aromatic N) is 3. The number of amides is 2. The van der Waals surface area contributed by atoms with Crippen LogP contribution in [0.2, 0.25) is 5.02 Å². The van der Waals surface area contributed by atoms with Crippen molar-refractivity contribution in [2.24, 2.45) is 10.9 Å². The lowest BCUT2D eigenvalue weighted by molar-refractivity contribution is -0.835. The van der Waals surface area contributed by atoms with Gasteiger partial charge in [-0.15, -0.1) is 0 Å². The third-order valence-corrected chi connectivity index (χ3v) is 9.53. The summed E-state index contributed by atoms with van der Waals surface area (Å²) >= 11 is 7.76. The zero-order valence-electron chi connectivity index (χ0n) is 22.7. The maximum Gasteiger partial charge on any atom is 0.354 e. The highest BCUT2D eigenvalue weighted by atomic mass is 35.5. The standard InChI is InChI=1S/C30H35ClN4O2S/c1-19(2)24-25(28(37)35(5)17-9-12-23(35)27(36)32-4)38-29-33-30(3,18-20-10-7-6-8-11-20)26(34(24)29)21-13-15-22(31)16-14-21/h6-8,10-11,13-16,19,23,26H,9,12,17-18H2,1-5H3/p+1/t23-,26+,30+,35?/m0/s1. The fourth-order valence-corrected chi connectivity index (χ4v) is 7.97. The van der Waals surface area contributed by atoms with Gasteiger partial charge in [0.15, 0.2) is 11.2 Å². The van der Waals surface area contributed by atoms with Crippen molar-refractivity contribution in [2.75, 3.05) is 20.6 Å².